The first-order valence-corrected chi connectivity index (χ1v) is 10.3. The van der Waals surface area contributed by atoms with Crippen LogP contribution in [0, 0.1) is 0 Å². The molecule has 0 fully saturated rings. The molecule has 0 aliphatic heterocycles. The number of nitrogens with one attached hydrogen (secondary N) is 3. The van der Waals surface area contributed by atoms with Crippen LogP contribution in [0.3, 0.4) is 0 Å². The van der Waals surface area contributed by atoms with Crippen LogP contribution in [0.2, 0.25) is 0 Å². The maximum Gasteiger partial charge on any atom is 0.262 e. The fourth-order valence-corrected chi connectivity index (χ4v) is 4.44. The van der Waals surface area contributed by atoms with E-state index in [2.05, 4.69) is 36.9 Å². The van der Waals surface area contributed by atoms with Crippen LogP contribution in [0.1, 0.15) is 23.5 Å². The standard InChI is InChI=1S/C17H15BrN4O3S2/c1-8(19-16(25)12-5-6-14(18)26-12)15(24)22-17-21-11-4-3-10(20-9(2)23)7-13(11)27-17/h3-8H,1-2H3,(H,19,25)(H,20,23)(H,21,22,24). The fourth-order valence-electron chi connectivity index (χ4n) is 2.24. The van der Waals surface area contributed by atoms with Crippen molar-refractivity contribution >= 4 is 77.4 Å². The van der Waals surface area contributed by atoms with Gasteiger partial charge in [-0.15, -0.1) is 11.3 Å². The van der Waals surface area contributed by atoms with Crippen LogP contribution in [0.25, 0.3) is 10.2 Å². The van der Waals surface area contributed by atoms with Crippen molar-refractivity contribution in [3.63, 3.8) is 0 Å². The molecule has 0 saturated heterocycles. The monoisotopic (exact) mass is 466 g/mol. The highest BCUT2D eigenvalue weighted by Gasteiger charge is 2.19. The molecule has 2 aromatic heterocycles. The van der Waals surface area contributed by atoms with Gasteiger partial charge in [-0.2, -0.15) is 0 Å². The second kappa shape index (κ2) is 8.15. The molecule has 2 heterocycles. The van der Waals surface area contributed by atoms with E-state index in [-0.39, 0.29) is 17.7 Å². The minimum absolute atomic E-state index is 0.158. The summed E-state index contributed by atoms with van der Waals surface area (Å²) in [5.74, 6) is -0.826. The van der Waals surface area contributed by atoms with Crippen LogP contribution < -0.4 is 16.0 Å². The van der Waals surface area contributed by atoms with Gasteiger partial charge in [-0.1, -0.05) is 11.3 Å². The zero-order chi connectivity index (χ0) is 19.6. The summed E-state index contributed by atoms with van der Waals surface area (Å²) >= 11 is 5.89. The Hall–Kier alpha value is -2.30. The predicted molar refractivity (Wildman–Crippen MR) is 112 cm³/mol. The second-order valence-electron chi connectivity index (χ2n) is 5.67. The van der Waals surface area contributed by atoms with Crippen LogP contribution in [-0.2, 0) is 9.59 Å². The Morgan fingerprint density at radius 2 is 1.89 bits per heavy atom. The largest absolute Gasteiger partial charge is 0.340 e. The summed E-state index contributed by atoms with van der Waals surface area (Å²) in [7, 11) is 0. The first-order chi connectivity index (χ1) is 12.8. The third-order valence-corrected chi connectivity index (χ3v) is 6.03. The number of thiazole rings is 1. The Morgan fingerprint density at radius 1 is 1.11 bits per heavy atom. The van der Waals surface area contributed by atoms with E-state index in [0.717, 1.165) is 8.49 Å². The number of thiophene rings is 1. The van der Waals surface area contributed by atoms with Crippen molar-refractivity contribution in [2.24, 2.45) is 0 Å². The lowest BCUT2D eigenvalue weighted by molar-refractivity contribution is -0.117. The van der Waals surface area contributed by atoms with Crippen LogP contribution in [-0.4, -0.2) is 28.7 Å². The molecule has 10 heteroatoms. The molecule has 0 saturated carbocycles. The van der Waals surface area contributed by atoms with Crippen molar-refractivity contribution in [3.05, 3.63) is 39.0 Å². The molecule has 3 rings (SSSR count). The van der Waals surface area contributed by atoms with E-state index in [1.54, 1.807) is 37.3 Å². The molecule has 1 atom stereocenters. The number of fused-ring (bicyclic) bond motifs is 1. The number of hydrogen-bond acceptors (Lipinski definition) is 6. The highest BCUT2D eigenvalue weighted by Crippen LogP contribution is 2.28. The van der Waals surface area contributed by atoms with Crippen molar-refractivity contribution in [1.29, 1.82) is 0 Å². The first-order valence-electron chi connectivity index (χ1n) is 7.87. The molecule has 7 nitrogen and oxygen atoms in total. The summed E-state index contributed by atoms with van der Waals surface area (Å²) in [6, 6.07) is 8.06. The third kappa shape index (κ3) is 4.90. The minimum atomic E-state index is -0.722. The Balaban J connectivity index is 1.65. The van der Waals surface area contributed by atoms with Gasteiger partial charge in [0.2, 0.25) is 11.8 Å². The van der Waals surface area contributed by atoms with Gasteiger partial charge >= 0.3 is 0 Å². The molecule has 1 unspecified atom stereocenters. The van der Waals surface area contributed by atoms with Crippen LogP contribution in [0.5, 0.6) is 0 Å². The molecular weight excluding hydrogens is 452 g/mol. The maximum absolute atomic E-state index is 12.4. The maximum atomic E-state index is 12.4. The lowest BCUT2D eigenvalue weighted by Crippen LogP contribution is -2.41. The van der Waals surface area contributed by atoms with Crippen LogP contribution >= 0.6 is 38.6 Å². The Kier molecular flexibility index (Phi) is 5.88. The number of benzene rings is 1. The molecule has 27 heavy (non-hydrogen) atoms. The highest BCUT2D eigenvalue weighted by atomic mass is 79.9. The zero-order valence-electron chi connectivity index (χ0n) is 14.3. The Labute approximate surface area is 171 Å². The molecule has 1 aromatic carbocycles. The summed E-state index contributed by atoms with van der Waals surface area (Å²) in [5.41, 5.74) is 1.38. The van der Waals surface area contributed by atoms with E-state index >= 15 is 0 Å². The van der Waals surface area contributed by atoms with Gasteiger partial charge in [0.1, 0.15) is 6.04 Å². The van der Waals surface area contributed by atoms with Crippen molar-refractivity contribution in [2.45, 2.75) is 19.9 Å². The molecule has 3 N–H and O–H groups in total. The number of anilines is 2. The van der Waals surface area contributed by atoms with Gasteiger partial charge in [0.05, 0.1) is 18.9 Å². The average Bonchev–Trinajstić information content (AvgIpc) is 3.19. The molecule has 140 valence electrons. The number of carbonyl (C=O) groups is 3. The van der Waals surface area contributed by atoms with E-state index in [9.17, 15) is 14.4 Å². The number of halogens is 1. The number of amides is 3. The molecule has 0 spiro atoms. The van der Waals surface area contributed by atoms with E-state index in [0.29, 0.717) is 21.2 Å². The second-order valence-corrected chi connectivity index (χ2v) is 9.16. The van der Waals surface area contributed by atoms with E-state index in [1.807, 2.05) is 0 Å². The summed E-state index contributed by atoms with van der Waals surface area (Å²) < 4.78 is 1.68. The number of hydrogen-bond donors (Lipinski definition) is 3. The smallest absolute Gasteiger partial charge is 0.262 e. The van der Waals surface area contributed by atoms with Crippen molar-refractivity contribution < 1.29 is 14.4 Å². The topological polar surface area (TPSA) is 100 Å². The lowest BCUT2D eigenvalue weighted by Gasteiger charge is -2.12. The molecule has 0 radical (unpaired) electrons. The summed E-state index contributed by atoms with van der Waals surface area (Å²) in [4.78, 5) is 40.5. The van der Waals surface area contributed by atoms with Gasteiger partial charge in [0.15, 0.2) is 5.13 Å². The van der Waals surface area contributed by atoms with Gasteiger partial charge in [-0.3, -0.25) is 14.4 Å². The minimum Gasteiger partial charge on any atom is -0.340 e. The van der Waals surface area contributed by atoms with Crippen molar-refractivity contribution in [1.82, 2.24) is 10.3 Å². The fraction of sp³-hybridized carbons (Fsp3) is 0.176. The number of rotatable bonds is 5. The third-order valence-electron chi connectivity index (χ3n) is 3.48. The zero-order valence-corrected chi connectivity index (χ0v) is 17.5. The molecule has 3 amide bonds. The summed E-state index contributed by atoms with van der Waals surface area (Å²) in [5, 5.41) is 8.51. The summed E-state index contributed by atoms with van der Waals surface area (Å²) in [6.45, 7) is 3.05. The molecule has 0 aliphatic rings. The van der Waals surface area contributed by atoms with Gasteiger partial charge in [0, 0.05) is 12.6 Å². The Morgan fingerprint density at radius 3 is 2.56 bits per heavy atom. The molecule has 0 bridgehead atoms. The molecular formula is C17H15BrN4O3S2. The SMILES string of the molecule is CC(=O)Nc1ccc2nc(NC(=O)C(C)NC(=O)c3ccc(Br)s3)sc2c1. The first kappa shape index (κ1) is 19.5. The van der Waals surface area contributed by atoms with E-state index in [1.165, 1.54) is 29.6 Å². The quantitative estimate of drug-likeness (QED) is 0.531. The van der Waals surface area contributed by atoms with E-state index < -0.39 is 6.04 Å². The average molecular weight is 467 g/mol. The highest BCUT2D eigenvalue weighted by molar-refractivity contribution is 9.11. The lowest BCUT2D eigenvalue weighted by atomic mass is 10.3. The predicted octanol–water partition coefficient (Wildman–Crippen LogP) is 3.84. The van der Waals surface area contributed by atoms with Crippen LogP contribution in [0.4, 0.5) is 10.8 Å². The normalized spacial score (nSPS) is 11.8. The van der Waals surface area contributed by atoms with Crippen molar-refractivity contribution in [3.8, 4) is 0 Å². The van der Waals surface area contributed by atoms with Crippen molar-refractivity contribution in [2.75, 3.05) is 10.6 Å². The van der Waals surface area contributed by atoms with E-state index in [4.69, 9.17) is 0 Å². The van der Waals surface area contributed by atoms with Gasteiger partial charge in [0.25, 0.3) is 5.91 Å². The number of carbonyl (C=O) groups excluding carboxylic acids is 3. The Bertz CT molecular complexity index is 1030. The molecule has 3 aromatic rings. The van der Waals surface area contributed by atoms with Gasteiger partial charge < -0.3 is 16.0 Å². The number of aromatic nitrogens is 1. The number of nitrogens with zero attached hydrogens (tertiary/aromatic N) is 1. The van der Waals surface area contributed by atoms with Gasteiger partial charge in [-0.25, -0.2) is 4.98 Å². The van der Waals surface area contributed by atoms with Gasteiger partial charge in [-0.05, 0) is 53.2 Å². The molecule has 0 aliphatic carbocycles. The summed E-state index contributed by atoms with van der Waals surface area (Å²) in [6.07, 6.45) is 0. The van der Waals surface area contributed by atoms with Crippen LogP contribution in [0.15, 0.2) is 34.1 Å².